The van der Waals surface area contributed by atoms with Crippen molar-refractivity contribution in [2.75, 3.05) is 38.2 Å². The van der Waals surface area contributed by atoms with Gasteiger partial charge in [-0.3, -0.25) is 4.79 Å². The SMILES string of the molecule is COc1cccc(N2CCN(C(=O)c3cn4c(C)cccc4n3)CC2)c1. The first kappa shape index (κ1) is 16.4. The van der Waals surface area contributed by atoms with E-state index in [1.54, 1.807) is 7.11 Å². The molecule has 0 unspecified atom stereocenters. The Kier molecular flexibility index (Phi) is 4.24. The summed E-state index contributed by atoms with van der Waals surface area (Å²) in [7, 11) is 1.67. The van der Waals surface area contributed by atoms with Crippen LogP contribution in [0.3, 0.4) is 0 Å². The maximum atomic E-state index is 12.8. The van der Waals surface area contributed by atoms with Crippen molar-refractivity contribution in [3.8, 4) is 5.75 Å². The Labute approximate surface area is 152 Å². The summed E-state index contributed by atoms with van der Waals surface area (Å²) >= 11 is 0. The lowest BCUT2D eigenvalue weighted by Gasteiger charge is -2.35. The topological polar surface area (TPSA) is 50.1 Å². The number of rotatable bonds is 3. The summed E-state index contributed by atoms with van der Waals surface area (Å²) in [5.74, 6) is 0.847. The van der Waals surface area contributed by atoms with Crippen LogP contribution in [0.5, 0.6) is 5.75 Å². The molecule has 0 spiro atoms. The molecule has 3 aromatic rings. The van der Waals surface area contributed by atoms with Gasteiger partial charge in [0.05, 0.1) is 7.11 Å². The summed E-state index contributed by atoms with van der Waals surface area (Å²) in [4.78, 5) is 21.5. The van der Waals surface area contributed by atoms with Crippen molar-refractivity contribution in [3.63, 3.8) is 0 Å². The van der Waals surface area contributed by atoms with Gasteiger partial charge in [-0.2, -0.15) is 0 Å². The van der Waals surface area contributed by atoms with Crippen molar-refractivity contribution in [1.82, 2.24) is 14.3 Å². The third-order valence-corrected chi connectivity index (χ3v) is 4.90. The van der Waals surface area contributed by atoms with Gasteiger partial charge in [0, 0.05) is 49.8 Å². The second-order valence-corrected chi connectivity index (χ2v) is 6.50. The van der Waals surface area contributed by atoms with E-state index in [0.717, 1.165) is 35.9 Å². The molecular formula is C20H22N4O2. The molecule has 1 aliphatic rings. The number of ether oxygens (including phenoxy) is 1. The number of amides is 1. The first-order chi connectivity index (χ1) is 12.7. The van der Waals surface area contributed by atoms with E-state index in [1.807, 2.05) is 58.8 Å². The lowest BCUT2D eigenvalue weighted by atomic mass is 10.2. The minimum Gasteiger partial charge on any atom is -0.497 e. The van der Waals surface area contributed by atoms with E-state index >= 15 is 0 Å². The maximum Gasteiger partial charge on any atom is 0.274 e. The van der Waals surface area contributed by atoms with Gasteiger partial charge >= 0.3 is 0 Å². The third kappa shape index (κ3) is 2.98. The van der Waals surface area contributed by atoms with Gasteiger partial charge in [-0.15, -0.1) is 0 Å². The number of methoxy groups -OCH3 is 1. The molecule has 0 atom stereocenters. The molecule has 134 valence electrons. The Bertz CT molecular complexity index is 942. The number of aryl methyl sites for hydroxylation is 1. The number of aromatic nitrogens is 2. The number of piperazine rings is 1. The number of anilines is 1. The van der Waals surface area contributed by atoms with Crippen LogP contribution in [0.4, 0.5) is 5.69 Å². The summed E-state index contributed by atoms with van der Waals surface area (Å²) in [6, 6.07) is 13.9. The van der Waals surface area contributed by atoms with Crippen LogP contribution in [0, 0.1) is 6.92 Å². The number of carbonyl (C=O) groups is 1. The van der Waals surface area contributed by atoms with E-state index in [0.29, 0.717) is 18.8 Å². The van der Waals surface area contributed by atoms with Gasteiger partial charge in [-0.05, 0) is 31.2 Å². The third-order valence-electron chi connectivity index (χ3n) is 4.90. The van der Waals surface area contributed by atoms with Crippen molar-refractivity contribution in [3.05, 3.63) is 60.0 Å². The molecule has 3 heterocycles. The van der Waals surface area contributed by atoms with Crippen LogP contribution in [0.1, 0.15) is 16.2 Å². The van der Waals surface area contributed by atoms with Crippen LogP contribution in [0.2, 0.25) is 0 Å². The van der Waals surface area contributed by atoms with Gasteiger partial charge in [0.15, 0.2) is 0 Å². The van der Waals surface area contributed by atoms with E-state index in [1.165, 1.54) is 0 Å². The van der Waals surface area contributed by atoms with Crippen molar-refractivity contribution in [1.29, 1.82) is 0 Å². The molecule has 0 aliphatic carbocycles. The van der Waals surface area contributed by atoms with E-state index in [2.05, 4.69) is 16.0 Å². The molecular weight excluding hydrogens is 328 g/mol. The molecule has 0 radical (unpaired) electrons. The number of benzene rings is 1. The smallest absolute Gasteiger partial charge is 0.274 e. The molecule has 1 aliphatic heterocycles. The fourth-order valence-corrected chi connectivity index (χ4v) is 3.39. The summed E-state index contributed by atoms with van der Waals surface area (Å²) in [6.45, 7) is 4.97. The van der Waals surface area contributed by atoms with Crippen molar-refractivity contribution >= 4 is 17.2 Å². The molecule has 2 aromatic heterocycles. The van der Waals surface area contributed by atoms with Gasteiger partial charge in [0.2, 0.25) is 0 Å². The Morgan fingerprint density at radius 3 is 2.58 bits per heavy atom. The van der Waals surface area contributed by atoms with Gasteiger partial charge in [-0.25, -0.2) is 4.98 Å². The van der Waals surface area contributed by atoms with Crippen molar-refractivity contribution in [2.45, 2.75) is 6.92 Å². The first-order valence-electron chi connectivity index (χ1n) is 8.79. The Morgan fingerprint density at radius 1 is 1.08 bits per heavy atom. The van der Waals surface area contributed by atoms with Crippen molar-refractivity contribution < 1.29 is 9.53 Å². The molecule has 0 bridgehead atoms. The second-order valence-electron chi connectivity index (χ2n) is 6.50. The lowest BCUT2D eigenvalue weighted by molar-refractivity contribution is 0.0741. The monoisotopic (exact) mass is 350 g/mol. The Balaban J connectivity index is 1.46. The standard InChI is InChI=1S/C20H22N4O2/c1-15-5-3-8-19-21-18(14-24(15)19)20(25)23-11-9-22(10-12-23)16-6-4-7-17(13-16)26-2/h3-8,13-14H,9-12H2,1-2H3. The number of fused-ring (bicyclic) bond motifs is 1. The minimum absolute atomic E-state index is 0.00149. The van der Waals surface area contributed by atoms with E-state index in [4.69, 9.17) is 4.74 Å². The first-order valence-corrected chi connectivity index (χ1v) is 8.79. The van der Waals surface area contributed by atoms with Crippen molar-refractivity contribution in [2.24, 2.45) is 0 Å². The Morgan fingerprint density at radius 2 is 1.85 bits per heavy atom. The summed E-state index contributed by atoms with van der Waals surface area (Å²) in [6.07, 6.45) is 1.83. The Hall–Kier alpha value is -3.02. The van der Waals surface area contributed by atoms with Crippen LogP contribution in [0.15, 0.2) is 48.7 Å². The maximum absolute atomic E-state index is 12.8. The highest BCUT2D eigenvalue weighted by Gasteiger charge is 2.24. The molecule has 1 fully saturated rings. The van der Waals surface area contributed by atoms with Gasteiger partial charge in [-0.1, -0.05) is 12.1 Å². The summed E-state index contributed by atoms with van der Waals surface area (Å²) < 4.78 is 7.26. The number of hydrogen-bond donors (Lipinski definition) is 0. The minimum atomic E-state index is -0.00149. The number of nitrogens with zero attached hydrogens (tertiary/aromatic N) is 4. The highest BCUT2D eigenvalue weighted by Crippen LogP contribution is 2.22. The average Bonchev–Trinajstić information content (AvgIpc) is 3.13. The average molecular weight is 350 g/mol. The molecule has 0 saturated carbocycles. The predicted molar refractivity (Wildman–Crippen MR) is 101 cm³/mol. The second kappa shape index (κ2) is 6.71. The molecule has 1 aromatic carbocycles. The fourth-order valence-electron chi connectivity index (χ4n) is 3.39. The van der Waals surface area contributed by atoms with Crippen LogP contribution in [-0.2, 0) is 0 Å². The summed E-state index contributed by atoms with van der Waals surface area (Å²) in [5.41, 5.74) is 3.51. The molecule has 1 amide bonds. The van der Waals surface area contributed by atoms with Crippen LogP contribution >= 0.6 is 0 Å². The summed E-state index contributed by atoms with van der Waals surface area (Å²) in [5, 5.41) is 0. The normalized spacial score (nSPS) is 14.7. The molecule has 6 nitrogen and oxygen atoms in total. The van der Waals surface area contributed by atoms with E-state index in [9.17, 15) is 4.79 Å². The highest BCUT2D eigenvalue weighted by molar-refractivity contribution is 5.93. The van der Waals surface area contributed by atoms with Crippen LogP contribution in [0.25, 0.3) is 5.65 Å². The number of hydrogen-bond acceptors (Lipinski definition) is 4. The van der Waals surface area contributed by atoms with E-state index < -0.39 is 0 Å². The van der Waals surface area contributed by atoms with Crippen LogP contribution < -0.4 is 9.64 Å². The zero-order valence-electron chi connectivity index (χ0n) is 15.1. The van der Waals surface area contributed by atoms with E-state index in [-0.39, 0.29) is 5.91 Å². The molecule has 4 rings (SSSR count). The predicted octanol–water partition coefficient (Wildman–Crippen LogP) is 2.61. The molecule has 6 heteroatoms. The molecule has 0 N–H and O–H groups in total. The zero-order valence-corrected chi connectivity index (χ0v) is 15.1. The fraction of sp³-hybridized carbons (Fsp3) is 0.300. The van der Waals surface area contributed by atoms with Crippen LogP contribution in [-0.4, -0.2) is 53.5 Å². The lowest BCUT2D eigenvalue weighted by Crippen LogP contribution is -2.48. The molecule has 1 saturated heterocycles. The zero-order chi connectivity index (χ0) is 18.1. The van der Waals surface area contributed by atoms with Gasteiger partial charge in [0.1, 0.15) is 17.1 Å². The number of pyridine rings is 1. The largest absolute Gasteiger partial charge is 0.497 e. The number of carbonyl (C=O) groups excluding carboxylic acids is 1. The van der Waals surface area contributed by atoms with Gasteiger partial charge < -0.3 is 18.9 Å². The number of imidazole rings is 1. The quantitative estimate of drug-likeness (QED) is 0.729. The highest BCUT2D eigenvalue weighted by atomic mass is 16.5. The molecule has 26 heavy (non-hydrogen) atoms. The van der Waals surface area contributed by atoms with Gasteiger partial charge in [0.25, 0.3) is 5.91 Å².